The van der Waals surface area contributed by atoms with Gasteiger partial charge in [0.05, 0.1) is 12.7 Å². The average molecular weight is 215 g/mol. The second-order valence-electron chi connectivity index (χ2n) is 3.45. The maximum atomic E-state index is 11.5. The Morgan fingerprint density at radius 1 is 1.33 bits per heavy atom. The van der Waals surface area contributed by atoms with Crippen molar-refractivity contribution < 1.29 is 19.1 Å². The molecule has 0 aromatic rings. The largest absolute Gasteiger partial charge is 0.459 e. The van der Waals surface area contributed by atoms with E-state index >= 15 is 0 Å². The average Bonchev–Trinajstić information content (AvgIpc) is 2.28. The first-order valence-corrected chi connectivity index (χ1v) is 5.17. The molecule has 5 heteroatoms. The lowest BCUT2D eigenvalue weighted by Gasteiger charge is -2.30. The van der Waals surface area contributed by atoms with Crippen LogP contribution in [0.15, 0.2) is 0 Å². The van der Waals surface area contributed by atoms with Crippen LogP contribution in [0.2, 0.25) is 0 Å². The Morgan fingerprint density at radius 2 is 1.93 bits per heavy atom. The standard InChI is InChI=1S/C10H17NO4/c1-3-15-10(13)9(12)11-6-4-8(14-2)5-7-11/h8H,3-7H2,1-2H3. The SMILES string of the molecule is CCOC(=O)C(=O)N1CCC(OC)CC1. The van der Waals surface area contributed by atoms with Gasteiger partial charge in [0.2, 0.25) is 0 Å². The number of nitrogens with zero attached hydrogens (tertiary/aromatic N) is 1. The molecule has 1 heterocycles. The summed E-state index contributed by atoms with van der Waals surface area (Å²) in [6.45, 7) is 3.05. The minimum Gasteiger partial charge on any atom is -0.459 e. The van der Waals surface area contributed by atoms with E-state index in [9.17, 15) is 9.59 Å². The van der Waals surface area contributed by atoms with Gasteiger partial charge in [0.1, 0.15) is 0 Å². The van der Waals surface area contributed by atoms with E-state index in [0.717, 1.165) is 12.8 Å². The lowest BCUT2D eigenvalue weighted by atomic mass is 10.1. The molecule has 0 atom stereocenters. The van der Waals surface area contributed by atoms with Crippen LogP contribution < -0.4 is 0 Å². The van der Waals surface area contributed by atoms with Gasteiger partial charge in [0, 0.05) is 20.2 Å². The second-order valence-corrected chi connectivity index (χ2v) is 3.45. The van der Waals surface area contributed by atoms with Gasteiger partial charge in [-0.05, 0) is 19.8 Å². The lowest BCUT2D eigenvalue weighted by molar-refractivity contribution is -0.161. The fourth-order valence-electron chi connectivity index (χ4n) is 1.62. The van der Waals surface area contributed by atoms with E-state index in [0.29, 0.717) is 13.1 Å². The van der Waals surface area contributed by atoms with Gasteiger partial charge < -0.3 is 14.4 Å². The lowest BCUT2D eigenvalue weighted by Crippen LogP contribution is -2.44. The first-order chi connectivity index (χ1) is 7.19. The van der Waals surface area contributed by atoms with Gasteiger partial charge in [-0.1, -0.05) is 0 Å². The van der Waals surface area contributed by atoms with E-state index in [-0.39, 0.29) is 12.7 Å². The quantitative estimate of drug-likeness (QED) is 0.487. The Balaban J connectivity index is 2.39. The molecule has 0 bridgehead atoms. The number of esters is 1. The van der Waals surface area contributed by atoms with Crippen LogP contribution in [0.4, 0.5) is 0 Å². The van der Waals surface area contributed by atoms with Crippen LogP contribution in [0, 0.1) is 0 Å². The van der Waals surface area contributed by atoms with E-state index < -0.39 is 11.9 Å². The minimum absolute atomic E-state index is 0.205. The van der Waals surface area contributed by atoms with Gasteiger partial charge in [-0.25, -0.2) is 4.79 Å². The Morgan fingerprint density at radius 3 is 2.40 bits per heavy atom. The molecule has 1 aliphatic heterocycles. The molecule has 1 rings (SSSR count). The van der Waals surface area contributed by atoms with Crippen molar-refractivity contribution in [3.8, 4) is 0 Å². The van der Waals surface area contributed by atoms with Gasteiger partial charge in [-0.2, -0.15) is 0 Å². The van der Waals surface area contributed by atoms with Crippen LogP contribution in [-0.2, 0) is 19.1 Å². The molecule has 1 fully saturated rings. The molecular formula is C10H17NO4. The summed E-state index contributed by atoms with van der Waals surface area (Å²) >= 11 is 0. The number of hydrogen-bond acceptors (Lipinski definition) is 4. The molecule has 15 heavy (non-hydrogen) atoms. The van der Waals surface area contributed by atoms with Crippen molar-refractivity contribution in [2.45, 2.75) is 25.9 Å². The number of carbonyl (C=O) groups is 2. The number of methoxy groups -OCH3 is 1. The summed E-state index contributed by atoms with van der Waals surface area (Å²) in [5.74, 6) is -1.29. The fraction of sp³-hybridized carbons (Fsp3) is 0.800. The Kier molecular flexibility index (Phi) is 4.55. The van der Waals surface area contributed by atoms with Gasteiger partial charge >= 0.3 is 11.9 Å². The molecule has 5 nitrogen and oxygen atoms in total. The van der Waals surface area contributed by atoms with Gasteiger partial charge in [0.25, 0.3) is 0 Å². The number of likely N-dealkylation sites (tertiary alicyclic amines) is 1. The Labute approximate surface area is 89.3 Å². The van der Waals surface area contributed by atoms with Crippen LogP contribution in [0.3, 0.4) is 0 Å². The summed E-state index contributed by atoms with van der Waals surface area (Å²) in [5, 5.41) is 0. The zero-order valence-electron chi connectivity index (χ0n) is 9.19. The smallest absolute Gasteiger partial charge is 0.397 e. The van der Waals surface area contributed by atoms with Crippen molar-refractivity contribution >= 4 is 11.9 Å². The molecule has 0 aromatic carbocycles. The molecule has 1 aliphatic rings. The zero-order valence-corrected chi connectivity index (χ0v) is 9.19. The summed E-state index contributed by atoms with van der Waals surface area (Å²) in [7, 11) is 1.66. The Hall–Kier alpha value is -1.10. The maximum Gasteiger partial charge on any atom is 0.397 e. The van der Waals surface area contributed by atoms with Crippen LogP contribution >= 0.6 is 0 Å². The summed E-state index contributed by atoms with van der Waals surface area (Å²) in [6.07, 6.45) is 1.76. The minimum atomic E-state index is -0.756. The predicted molar refractivity (Wildman–Crippen MR) is 53.2 cm³/mol. The molecule has 0 spiro atoms. The zero-order chi connectivity index (χ0) is 11.3. The predicted octanol–water partition coefficient (Wildman–Crippen LogP) is 0.187. The van der Waals surface area contributed by atoms with E-state index in [1.165, 1.54) is 4.90 Å². The third-order valence-corrected chi connectivity index (χ3v) is 2.51. The molecule has 1 saturated heterocycles. The summed E-state index contributed by atoms with van der Waals surface area (Å²) < 4.78 is 9.82. The summed E-state index contributed by atoms with van der Waals surface area (Å²) in [4.78, 5) is 24.2. The highest BCUT2D eigenvalue weighted by Gasteiger charge is 2.27. The first kappa shape index (κ1) is 12.0. The second kappa shape index (κ2) is 5.70. The van der Waals surface area contributed by atoms with Crippen LogP contribution in [-0.4, -0.2) is 49.7 Å². The fourth-order valence-corrected chi connectivity index (χ4v) is 1.62. The highest BCUT2D eigenvalue weighted by Crippen LogP contribution is 2.13. The topological polar surface area (TPSA) is 55.8 Å². The highest BCUT2D eigenvalue weighted by molar-refractivity contribution is 6.32. The van der Waals surface area contributed by atoms with Crippen molar-refractivity contribution in [3.63, 3.8) is 0 Å². The summed E-state index contributed by atoms with van der Waals surface area (Å²) in [5.41, 5.74) is 0. The number of amides is 1. The normalized spacial score (nSPS) is 17.6. The van der Waals surface area contributed by atoms with Crippen LogP contribution in [0.5, 0.6) is 0 Å². The molecule has 1 amide bonds. The van der Waals surface area contributed by atoms with E-state index in [2.05, 4.69) is 4.74 Å². The third-order valence-electron chi connectivity index (χ3n) is 2.51. The van der Waals surface area contributed by atoms with Gasteiger partial charge in [-0.15, -0.1) is 0 Å². The third kappa shape index (κ3) is 3.20. The highest BCUT2D eigenvalue weighted by atomic mass is 16.5. The molecule has 0 aliphatic carbocycles. The number of ether oxygens (including phenoxy) is 2. The maximum absolute atomic E-state index is 11.5. The van der Waals surface area contributed by atoms with Crippen molar-refractivity contribution in [2.75, 3.05) is 26.8 Å². The van der Waals surface area contributed by atoms with E-state index in [4.69, 9.17) is 4.74 Å². The van der Waals surface area contributed by atoms with Gasteiger partial charge in [0.15, 0.2) is 0 Å². The molecule has 86 valence electrons. The van der Waals surface area contributed by atoms with E-state index in [1.54, 1.807) is 14.0 Å². The van der Waals surface area contributed by atoms with Crippen molar-refractivity contribution in [2.24, 2.45) is 0 Å². The van der Waals surface area contributed by atoms with Crippen molar-refractivity contribution in [3.05, 3.63) is 0 Å². The summed E-state index contributed by atoms with van der Waals surface area (Å²) in [6, 6.07) is 0. The number of piperidine rings is 1. The van der Waals surface area contributed by atoms with Crippen molar-refractivity contribution in [1.29, 1.82) is 0 Å². The molecule has 0 radical (unpaired) electrons. The molecule has 0 unspecified atom stereocenters. The molecule has 0 N–H and O–H groups in total. The number of rotatable bonds is 2. The van der Waals surface area contributed by atoms with Crippen molar-refractivity contribution in [1.82, 2.24) is 4.90 Å². The molecule has 0 saturated carbocycles. The number of carbonyl (C=O) groups excluding carboxylic acids is 2. The first-order valence-electron chi connectivity index (χ1n) is 5.17. The van der Waals surface area contributed by atoms with Crippen LogP contribution in [0.1, 0.15) is 19.8 Å². The molecular weight excluding hydrogens is 198 g/mol. The number of hydrogen-bond donors (Lipinski definition) is 0. The van der Waals surface area contributed by atoms with E-state index in [1.807, 2.05) is 0 Å². The monoisotopic (exact) mass is 215 g/mol. The van der Waals surface area contributed by atoms with Crippen LogP contribution in [0.25, 0.3) is 0 Å². The van der Waals surface area contributed by atoms with Gasteiger partial charge in [-0.3, -0.25) is 4.79 Å². The molecule has 0 aromatic heterocycles. The Bertz CT molecular complexity index is 234.